The molecule has 154 valence electrons. The summed E-state index contributed by atoms with van der Waals surface area (Å²) in [5.41, 5.74) is 0.443. The second-order valence-electron chi connectivity index (χ2n) is 7.11. The van der Waals surface area contributed by atoms with Crippen LogP contribution in [0.3, 0.4) is 0 Å². The van der Waals surface area contributed by atoms with Crippen LogP contribution in [0.5, 0.6) is 0 Å². The minimum atomic E-state index is -0.136. The highest BCUT2D eigenvalue weighted by Gasteiger charge is 2.17. The fraction of sp³-hybridized carbons (Fsp3) is 0.350. The Morgan fingerprint density at radius 1 is 1.28 bits per heavy atom. The summed E-state index contributed by atoms with van der Waals surface area (Å²) in [6, 6.07) is 8.83. The Bertz CT molecular complexity index is 1100. The van der Waals surface area contributed by atoms with E-state index >= 15 is 0 Å². The van der Waals surface area contributed by atoms with Crippen molar-refractivity contribution in [3.8, 4) is 0 Å². The van der Waals surface area contributed by atoms with E-state index < -0.39 is 0 Å². The average molecular weight is 470 g/mol. The fourth-order valence-electron chi connectivity index (χ4n) is 2.80. The molecule has 0 bridgehead atoms. The zero-order valence-corrected chi connectivity index (χ0v) is 19.5. The lowest BCUT2D eigenvalue weighted by Gasteiger charge is -2.18. The molecule has 0 spiro atoms. The molecule has 0 saturated heterocycles. The van der Waals surface area contributed by atoms with Gasteiger partial charge in [0.25, 0.3) is 5.56 Å². The first kappa shape index (κ1) is 22.2. The highest BCUT2D eigenvalue weighted by molar-refractivity contribution is 7.99. The fourth-order valence-corrected chi connectivity index (χ4v) is 5.07. The summed E-state index contributed by atoms with van der Waals surface area (Å²) in [7, 11) is 1.76. The highest BCUT2D eigenvalue weighted by Crippen LogP contribution is 2.24. The van der Waals surface area contributed by atoms with Crippen molar-refractivity contribution in [2.24, 2.45) is 5.92 Å². The van der Waals surface area contributed by atoms with Gasteiger partial charge in [0.15, 0.2) is 5.16 Å². The van der Waals surface area contributed by atoms with Crippen molar-refractivity contribution in [3.63, 3.8) is 0 Å². The molecule has 1 aromatic carbocycles. The Morgan fingerprint density at radius 3 is 2.69 bits per heavy atom. The molecule has 5 nitrogen and oxygen atoms in total. The third kappa shape index (κ3) is 5.54. The van der Waals surface area contributed by atoms with Gasteiger partial charge < -0.3 is 4.90 Å². The third-order valence-electron chi connectivity index (χ3n) is 4.20. The van der Waals surface area contributed by atoms with Gasteiger partial charge in [0, 0.05) is 23.5 Å². The van der Waals surface area contributed by atoms with E-state index in [1.807, 2.05) is 26.0 Å². The smallest absolute Gasteiger partial charge is 0.262 e. The lowest BCUT2D eigenvalue weighted by Crippen LogP contribution is -2.29. The Hall–Kier alpha value is -1.54. The second-order valence-corrected chi connectivity index (χ2v) is 10.3. The molecule has 9 heteroatoms. The first-order valence-electron chi connectivity index (χ1n) is 9.05. The summed E-state index contributed by atoms with van der Waals surface area (Å²) in [6.45, 7) is 5.09. The zero-order valence-electron chi connectivity index (χ0n) is 16.3. The van der Waals surface area contributed by atoms with E-state index in [9.17, 15) is 9.59 Å². The molecule has 2 heterocycles. The summed E-state index contributed by atoms with van der Waals surface area (Å²) in [5.74, 6) is 0.410. The van der Waals surface area contributed by atoms with Crippen molar-refractivity contribution in [3.05, 3.63) is 54.9 Å². The van der Waals surface area contributed by atoms with Crippen LogP contribution in [0.1, 0.15) is 18.7 Å². The number of carbonyl (C=O) groups excluding carboxylic acids is 1. The minimum absolute atomic E-state index is 0.0407. The topological polar surface area (TPSA) is 55.2 Å². The molecule has 0 N–H and O–H groups in total. The lowest BCUT2D eigenvalue weighted by molar-refractivity contribution is -0.127. The van der Waals surface area contributed by atoms with Gasteiger partial charge in [-0.1, -0.05) is 48.8 Å². The number of carbonyl (C=O) groups is 1. The van der Waals surface area contributed by atoms with E-state index in [4.69, 9.17) is 23.2 Å². The molecule has 0 saturated carbocycles. The van der Waals surface area contributed by atoms with Crippen LogP contribution in [0.4, 0.5) is 0 Å². The summed E-state index contributed by atoms with van der Waals surface area (Å²) in [5, 5.41) is 1.53. The van der Waals surface area contributed by atoms with Crippen molar-refractivity contribution in [2.75, 3.05) is 12.8 Å². The molecule has 2 aromatic heterocycles. The van der Waals surface area contributed by atoms with E-state index in [1.165, 1.54) is 23.1 Å². The van der Waals surface area contributed by atoms with Crippen LogP contribution in [0.25, 0.3) is 10.9 Å². The predicted molar refractivity (Wildman–Crippen MR) is 122 cm³/mol. The number of rotatable bonds is 7. The van der Waals surface area contributed by atoms with Crippen LogP contribution in [-0.2, 0) is 17.9 Å². The zero-order chi connectivity index (χ0) is 21.1. The standard InChI is InChI=1S/C20H21Cl2N3O2S2/c1-12(2)9-25-19(27)15-8-13(21)4-6-16(15)23-20(25)28-11-18(26)24(3)10-14-5-7-17(22)29-14/h4-8,12H,9-11H2,1-3H3. The maximum atomic E-state index is 13.0. The van der Waals surface area contributed by atoms with E-state index in [0.717, 1.165) is 4.88 Å². The molecule has 3 aromatic rings. The van der Waals surface area contributed by atoms with Gasteiger partial charge in [-0.3, -0.25) is 14.2 Å². The molecule has 1 amide bonds. The first-order valence-corrected chi connectivity index (χ1v) is 11.6. The normalized spacial score (nSPS) is 11.4. The largest absolute Gasteiger partial charge is 0.340 e. The second kappa shape index (κ2) is 9.51. The molecule has 0 radical (unpaired) electrons. The summed E-state index contributed by atoms with van der Waals surface area (Å²) < 4.78 is 2.34. The molecule has 0 atom stereocenters. The number of hydrogen-bond donors (Lipinski definition) is 0. The van der Waals surface area contributed by atoms with Gasteiger partial charge >= 0.3 is 0 Å². The van der Waals surface area contributed by atoms with Crippen LogP contribution in [-0.4, -0.2) is 33.2 Å². The van der Waals surface area contributed by atoms with Crippen LogP contribution >= 0.6 is 46.3 Å². The van der Waals surface area contributed by atoms with Gasteiger partial charge in [0.2, 0.25) is 5.91 Å². The molecular weight excluding hydrogens is 449 g/mol. The van der Waals surface area contributed by atoms with E-state index in [1.54, 1.807) is 34.7 Å². The van der Waals surface area contributed by atoms with Gasteiger partial charge in [0.1, 0.15) is 0 Å². The van der Waals surface area contributed by atoms with Crippen LogP contribution in [0, 0.1) is 5.92 Å². The number of benzene rings is 1. The maximum Gasteiger partial charge on any atom is 0.262 e. The summed E-state index contributed by atoms with van der Waals surface area (Å²) >= 11 is 14.8. The Labute approximate surface area is 187 Å². The molecule has 3 rings (SSSR count). The molecule has 0 aliphatic rings. The number of halogens is 2. The Kier molecular flexibility index (Phi) is 7.27. The van der Waals surface area contributed by atoms with Gasteiger partial charge in [-0.2, -0.15) is 0 Å². The van der Waals surface area contributed by atoms with Crippen LogP contribution in [0.2, 0.25) is 9.36 Å². The van der Waals surface area contributed by atoms with Crippen molar-refractivity contribution in [1.82, 2.24) is 14.5 Å². The minimum Gasteiger partial charge on any atom is -0.340 e. The number of fused-ring (bicyclic) bond motifs is 1. The maximum absolute atomic E-state index is 13.0. The van der Waals surface area contributed by atoms with Gasteiger partial charge in [-0.25, -0.2) is 4.98 Å². The highest BCUT2D eigenvalue weighted by atomic mass is 35.5. The van der Waals surface area contributed by atoms with Gasteiger partial charge in [-0.15, -0.1) is 11.3 Å². The van der Waals surface area contributed by atoms with Gasteiger partial charge in [-0.05, 0) is 36.2 Å². The number of hydrogen-bond acceptors (Lipinski definition) is 5. The monoisotopic (exact) mass is 469 g/mol. The number of thioether (sulfide) groups is 1. The number of amides is 1. The summed E-state index contributed by atoms with van der Waals surface area (Å²) in [6.07, 6.45) is 0. The number of aromatic nitrogens is 2. The third-order valence-corrected chi connectivity index (χ3v) is 6.61. The molecule has 0 fully saturated rings. The van der Waals surface area contributed by atoms with Crippen LogP contribution < -0.4 is 5.56 Å². The number of nitrogens with zero attached hydrogens (tertiary/aromatic N) is 3. The molecule has 0 unspecified atom stereocenters. The van der Waals surface area contributed by atoms with Crippen molar-refractivity contribution < 1.29 is 4.79 Å². The average Bonchev–Trinajstić information content (AvgIpc) is 3.07. The van der Waals surface area contributed by atoms with E-state index in [2.05, 4.69) is 4.98 Å². The van der Waals surface area contributed by atoms with E-state index in [-0.39, 0.29) is 23.1 Å². The van der Waals surface area contributed by atoms with Crippen molar-refractivity contribution >= 4 is 63.1 Å². The first-order chi connectivity index (χ1) is 13.7. The molecule has 0 aliphatic carbocycles. The summed E-state index contributed by atoms with van der Waals surface area (Å²) in [4.78, 5) is 32.9. The van der Waals surface area contributed by atoms with Crippen molar-refractivity contribution in [2.45, 2.75) is 32.1 Å². The number of thiophene rings is 1. The van der Waals surface area contributed by atoms with E-state index in [0.29, 0.717) is 38.5 Å². The Balaban J connectivity index is 1.81. The van der Waals surface area contributed by atoms with Gasteiger partial charge in [0.05, 0.1) is 27.5 Å². The van der Waals surface area contributed by atoms with Crippen LogP contribution in [0.15, 0.2) is 40.3 Å². The Morgan fingerprint density at radius 2 is 2.03 bits per heavy atom. The SMILES string of the molecule is CC(C)Cn1c(SCC(=O)N(C)Cc2ccc(Cl)s2)nc2ccc(Cl)cc2c1=O. The molecule has 0 aliphatic heterocycles. The predicted octanol–water partition coefficient (Wildman–Crippen LogP) is 5.17. The molecule has 29 heavy (non-hydrogen) atoms. The lowest BCUT2D eigenvalue weighted by atomic mass is 10.2. The molecular formula is C20H21Cl2N3O2S2. The van der Waals surface area contributed by atoms with Crippen molar-refractivity contribution in [1.29, 1.82) is 0 Å². The quantitative estimate of drug-likeness (QED) is 0.353.